The van der Waals surface area contributed by atoms with E-state index in [1.165, 1.54) is 6.20 Å². The molecule has 1 aliphatic heterocycles. The number of nitrogens with zero attached hydrogens (tertiary/aromatic N) is 6. The highest BCUT2D eigenvalue weighted by Crippen LogP contribution is 2.22. The van der Waals surface area contributed by atoms with E-state index in [0.29, 0.717) is 31.7 Å². The lowest BCUT2D eigenvalue weighted by Crippen LogP contribution is -2.36. The summed E-state index contributed by atoms with van der Waals surface area (Å²) < 4.78 is 0. The molecule has 1 aromatic rings. The van der Waals surface area contributed by atoms with Crippen molar-refractivity contribution in [2.45, 2.75) is 12.8 Å². The van der Waals surface area contributed by atoms with Crippen molar-refractivity contribution in [3.05, 3.63) is 22.8 Å². The van der Waals surface area contributed by atoms with Crippen LogP contribution in [0.25, 0.3) is 10.4 Å². The van der Waals surface area contributed by atoms with E-state index in [2.05, 4.69) is 20.0 Å². The number of aliphatic carboxylic acids is 1. The first-order valence-corrected chi connectivity index (χ1v) is 5.55. The molecule has 0 aromatic carbocycles. The monoisotopic (exact) mass is 248 g/mol. The Kier molecular flexibility index (Phi) is 3.59. The Labute approximate surface area is 103 Å². The zero-order valence-electron chi connectivity index (χ0n) is 9.60. The number of hydrogen-bond donors (Lipinski definition) is 1. The fraction of sp³-hybridized carbons (Fsp3) is 0.500. The molecule has 1 fully saturated rings. The number of rotatable bonds is 3. The molecule has 0 saturated carbocycles. The summed E-state index contributed by atoms with van der Waals surface area (Å²) in [6.45, 7) is 1.23. The first kappa shape index (κ1) is 12.1. The van der Waals surface area contributed by atoms with Crippen molar-refractivity contribution in [1.29, 1.82) is 0 Å². The quantitative estimate of drug-likeness (QED) is 0.496. The Bertz CT molecular complexity index is 491. The van der Waals surface area contributed by atoms with Gasteiger partial charge in [-0.25, -0.2) is 4.98 Å². The normalized spacial score (nSPS) is 16.1. The molecule has 0 atom stereocenters. The molecular weight excluding hydrogens is 236 g/mol. The number of carboxylic acids is 1. The number of hydrogen-bond acceptors (Lipinski definition) is 5. The van der Waals surface area contributed by atoms with Crippen LogP contribution in [0.2, 0.25) is 0 Å². The molecule has 0 amide bonds. The molecule has 1 N–H and O–H groups in total. The van der Waals surface area contributed by atoms with E-state index in [-0.39, 0.29) is 11.7 Å². The molecule has 1 saturated heterocycles. The van der Waals surface area contributed by atoms with Gasteiger partial charge in [-0.3, -0.25) is 9.78 Å². The van der Waals surface area contributed by atoms with Gasteiger partial charge < -0.3 is 10.0 Å². The predicted molar refractivity (Wildman–Crippen MR) is 63.4 cm³/mol. The third kappa shape index (κ3) is 2.67. The highest BCUT2D eigenvalue weighted by Gasteiger charge is 2.25. The summed E-state index contributed by atoms with van der Waals surface area (Å²) in [6.07, 6.45) is 4.14. The molecule has 2 rings (SSSR count). The van der Waals surface area contributed by atoms with Crippen molar-refractivity contribution >= 4 is 17.6 Å². The van der Waals surface area contributed by atoms with Gasteiger partial charge in [-0.05, 0) is 23.5 Å². The molecule has 0 aliphatic carbocycles. The lowest BCUT2D eigenvalue weighted by Gasteiger charge is -2.30. The maximum Gasteiger partial charge on any atom is 0.306 e. The number of carboxylic acid groups (broad SMARTS) is 1. The minimum Gasteiger partial charge on any atom is -0.481 e. The van der Waals surface area contributed by atoms with Crippen molar-refractivity contribution in [2.75, 3.05) is 18.0 Å². The van der Waals surface area contributed by atoms with Crippen LogP contribution < -0.4 is 4.90 Å². The van der Waals surface area contributed by atoms with Crippen molar-refractivity contribution in [2.24, 2.45) is 11.0 Å². The van der Waals surface area contributed by atoms with Crippen molar-refractivity contribution in [1.82, 2.24) is 9.97 Å². The van der Waals surface area contributed by atoms with Gasteiger partial charge in [0, 0.05) is 18.0 Å². The van der Waals surface area contributed by atoms with Gasteiger partial charge in [0.2, 0.25) is 0 Å². The summed E-state index contributed by atoms with van der Waals surface area (Å²) in [6, 6.07) is 0. The number of carbonyl (C=O) groups is 1. The zero-order valence-corrected chi connectivity index (χ0v) is 9.60. The summed E-state index contributed by atoms with van der Waals surface area (Å²) in [5, 5.41) is 12.3. The van der Waals surface area contributed by atoms with Gasteiger partial charge in [0.15, 0.2) is 0 Å². The minimum absolute atomic E-state index is 0.218. The van der Waals surface area contributed by atoms with E-state index in [1.54, 1.807) is 6.20 Å². The van der Waals surface area contributed by atoms with Crippen LogP contribution in [0.3, 0.4) is 0 Å². The van der Waals surface area contributed by atoms with E-state index in [1.807, 2.05) is 4.90 Å². The lowest BCUT2D eigenvalue weighted by molar-refractivity contribution is -0.142. The Morgan fingerprint density at radius 1 is 1.50 bits per heavy atom. The smallest absolute Gasteiger partial charge is 0.306 e. The van der Waals surface area contributed by atoms with Crippen LogP contribution in [0, 0.1) is 5.92 Å². The Morgan fingerprint density at radius 3 is 2.83 bits per heavy atom. The van der Waals surface area contributed by atoms with Crippen LogP contribution in [0.15, 0.2) is 17.5 Å². The number of anilines is 1. The fourth-order valence-electron chi connectivity index (χ4n) is 1.95. The van der Waals surface area contributed by atoms with E-state index < -0.39 is 5.97 Å². The Balaban J connectivity index is 2.07. The molecular formula is C10H12N6O2. The number of azide groups is 1. The molecule has 0 unspecified atom stereocenters. The summed E-state index contributed by atoms with van der Waals surface area (Å²) in [5.41, 5.74) is 8.33. The van der Waals surface area contributed by atoms with Gasteiger partial charge in [-0.2, -0.15) is 0 Å². The summed E-state index contributed by atoms with van der Waals surface area (Å²) >= 11 is 0. The van der Waals surface area contributed by atoms with E-state index >= 15 is 0 Å². The third-order valence-corrected chi connectivity index (χ3v) is 2.92. The fourth-order valence-corrected chi connectivity index (χ4v) is 1.95. The number of piperidine rings is 1. The van der Waals surface area contributed by atoms with Gasteiger partial charge in [0.1, 0.15) is 11.6 Å². The Morgan fingerprint density at radius 2 is 2.22 bits per heavy atom. The SMILES string of the molecule is [N-]=[N+]=Nc1cncc(N2CCC(C(=O)O)CC2)n1. The lowest BCUT2D eigenvalue weighted by atomic mass is 9.97. The first-order chi connectivity index (χ1) is 8.70. The van der Waals surface area contributed by atoms with Gasteiger partial charge in [0.05, 0.1) is 18.3 Å². The second kappa shape index (κ2) is 5.33. The van der Waals surface area contributed by atoms with Gasteiger partial charge >= 0.3 is 5.97 Å². The average molecular weight is 248 g/mol. The molecule has 1 aromatic heterocycles. The molecule has 94 valence electrons. The van der Waals surface area contributed by atoms with Gasteiger partial charge in [0.25, 0.3) is 0 Å². The Hall–Kier alpha value is -2.34. The highest BCUT2D eigenvalue weighted by atomic mass is 16.4. The van der Waals surface area contributed by atoms with E-state index in [4.69, 9.17) is 10.6 Å². The first-order valence-electron chi connectivity index (χ1n) is 5.55. The van der Waals surface area contributed by atoms with Crippen LogP contribution in [0.5, 0.6) is 0 Å². The maximum atomic E-state index is 10.8. The molecule has 18 heavy (non-hydrogen) atoms. The van der Waals surface area contributed by atoms with Crippen LogP contribution >= 0.6 is 0 Å². The zero-order chi connectivity index (χ0) is 13.0. The van der Waals surface area contributed by atoms with Crippen molar-refractivity contribution < 1.29 is 9.90 Å². The second-order valence-electron chi connectivity index (χ2n) is 4.02. The summed E-state index contributed by atoms with van der Waals surface area (Å²) in [7, 11) is 0. The summed E-state index contributed by atoms with van der Waals surface area (Å²) in [4.78, 5) is 23.5. The van der Waals surface area contributed by atoms with Crippen molar-refractivity contribution in [3.8, 4) is 0 Å². The molecule has 0 spiro atoms. The van der Waals surface area contributed by atoms with Crippen LogP contribution in [-0.4, -0.2) is 34.1 Å². The van der Waals surface area contributed by atoms with Crippen LogP contribution in [0.1, 0.15) is 12.8 Å². The maximum absolute atomic E-state index is 10.8. The predicted octanol–water partition coefficient (Wildman–Crippen LogP) is 1.72. The average Bonchev–Trinajstić information content (AvgIpc) is 2.39. The second-order valence-corrected chi connectivity index (χ2v) is 4.02. The number of aromatic nitrogens is 2. The van der Waals surface area contributed by atoms with Gasteiger partial charge in [-0.1, -0.05) is 0 Å². The topological polar surface area (TPSA) is 115 Å². The third-order valence-electron chi connectivity index (χ3n) is 2.92. The van der Waals surface area contributed by atoms with Crippen molar-refractivity contribution in [3.63, 3.8) is 0 Å². The van der Waals surface area contributed by atoms with E-state index in [0.717, 1.165) is 0 Å². The molecule has 8 nitrogen and oxygen atoms in total. The van der Waals surface area contributed by atoms with E-state index in [9.17, 15) is 4.79 Å². The molecule has 8 heteroatoms. The van der Waals surface area contributed by atoms with Gasteiger partial charge in [-0.15, -0.1) is 0 Å². The largest absolute Gasteiger partial charge is 0.481 e. The summed E-state index contributed by atoms with van der Waals surface area (Å²) in [5.74, 6) is -0.197. The molecule has 0 radical (unpaired) electrons. The van der Waals surface area contributed by atoms with Crippen LogP contribution in [0.4, 0.5) is 11.6 Å². The standard InChI is InChI=1S/C10H12N6O2/c11-15-14-8-5-12-6-9(13-8)16-3-1-7(2-4-16)10(17)18/h5-7H,1-4H2,(H,17,18). The van der Waals surface area contributed by atoms with Crippen LogP contribution in [-0.2, 0) is 4.79 Å². The molecule has 0 bridgehead atoms. The molecule has 1 aliphatic rings. The minimum atomic E-state index is -0.747. The molecule has 2 heterocycles. The highest BCUT2D eigenvalue weighted by molar-refractivity contribution is 5.70.